The van der Waals surface area contributed by atoms with Crippen LogP contribution in [0.5, 0.6) is 0 Å². The van der Waals surface area contributed by atoms with Crippen LogP contribution in [0.3, 0.4) is 0 Å². The molecule has 0 bridgehead atoms. The first-order valence-electron chi connectivity index (χ1n) is 6.72. The number of fused-ring (bicyclic) bond motifs is 3. The fourth-order valence-electron chi connectivity index (χ4n) is 3.49. The van der Waals surface area contributed by atoms with Gasteiger partial charge in [0.2, 0.25) is 0 Å². The highest BCUT2D eigenvalue weighted by atomic mass is 14.4. The highest BCUT2D eigenvalue weighted by Crippen LogP contribution is 2.50. The van der Waals surface area contributed by atoms with Gasteiger partial charge in [0, 0.05) is 5.92 Å². The van der Waals surface area contributed by atoms with Gasteiger partial charge in [-0.2, -0.15) is 0 Å². The van der Waals surface area contributed by atoms with Crippen LogP contribution in [0.2, 0.25) is 0 Å². The van der Waals surface area contributed by atoms with E-state index in [1.807, 2.05) is 0 Å². The van der Waals surface area contributed by atoms with Gasteiger partial charge in [0.25, 0.3) is 0 Å². The Morgan fingerprint density at radius 2 is 1.89 bits per heavy atom. The summed E-state index contributed by atoms with van der Waals surface area (Å²) in [5.41, 5.74) is 5.69. The Kier molecular flexibility index (Phi) is 2.16. The smallest absolute Gasteiger partial charge is 0.0171 e. The molecule has 2 aromatic rings. The van der Waals surface area contributed by atoms with Gasteiger partial charge >= 0.3 is 0 Å². The minimum Gasteiger partial charge on any atom is -0.0882 e. The minimum absolute atomic E-state index is 0.524. The van der Waals surface area contributed by atoms with Crippen LogP contribution in [0.4, 0.5) is 0 Å². The van der Waals surface area contributed by atoms with Crippen molar-refractivity contribution in [3.05, 3.63) is 71.8 Å². The fraction of sp³-hybridized carbons (Fsp3) is 0.222. The Hall–Kier alpha value is -1.82. The fourth-order valence-corrected chi connectivity index (χ4v) is 3.49. The van der Waals surface area contributed by atoms with E-state index in [4.69, 9.17) is 0 Å². The Morgan fingerprint density at radius 1 is 1.00 bits per heavy atom. The standard InChI is InChI=1S/C18H15/c1-2-8-13(7-1)18-16-11-5-3-9-14(16)15-10-4-6-12-17(15)18/h1,3-7,9-11,13,18H,2,8H2. The molecule has 0 N–H and O–H groups in total. The maximum absolute atomic E-state index is 3.49. The molecule has 0 aliphatic heterocycles. The van der Waals surface area contributed by atoms with Gasteiger partial charge in [0.15, 0.2) is 0 Å². The van der Waals surface area contributed by atoms with E-state index in [0.29, 0.717) is 11.8 Å². The van der Waals surface area contributed by atoms with E-state index in [1.165, 1.54) is 35.1 Å². The zero-order valence-electron chi connectivity index (χ0n) is 10.3. The Morgan fingerprint density at radius 3 is 2.78 bits per heavy atom. The van der Waals surface area contributed by atoms with Gasteiger partial charge in [-0.3, -0.25) is 0 Å². The molecule has 0 spiro atoms. The van der Waals surface area contributed by atoms with E-state index in [1.54, 1.807) is 0 Å². The number of rotatable bonds is 1. The highest BCUT2D eigenvalue weighted by molar-refractivity contribution is 5.78. The Bertz CT molecular complexity index is 576. The normalized spacial score (nSPS) is 21.0. The summed E-state index contributed by atoms with van der Waals surface area (Å²) in [5, 5.41) is 0. The van der Waals surface area contributed by atoms with Crippen molar-refractivity contribution in [3.63, 3.8) is 0 Å². The molecule has 2 aliphatic rings. The molecule has 0 nitrogen and oxygen atoms in total. The second-order valence-electron chi connectivity index (χ2n) is 5.23. The zero-order chi connectivity index (χ0) is 11.9. The number of benzene rings is 2. The average Bonchev–Trinajstić information content (AvgIpc) is 3.03. The molecule has 18 heavy (non-hydrogen) atoms. The number of hydrogen-bond donors (Lipinski definition) is 0. The molecule has 0 heteroatoms. The van der Waals surface area contributed by atoms with Crippen LogP contribution in [0.1, 0.15) is 29.9 Å². The van der Waals surface area contributed by atoms with Gasteiger partial charge in [0.1, 0.15) is 0 Å². The summed E-state index contributed by atoms with van der Waals surface area (Å²) >= 11 is 0. The van der Waals surface area contributed by atoms with E-state index in [0.717, 1.165) is 0 Å². The van der Waals surface area contributed by atoms with E-state index in [-0.39, 0.29) is 0 Å². The Labute approximate surface area is 108 Å². The average molecular weight is 231 g/mol. The van der Waals surface area contributed by atoms with E-state index in [2.05, 4.69) is 60.7 Å². The summed E-state index contributed by atoms with van der Waals surface area (Å²) in [6.45, 7) is 0. The van der Waals surface area contributed by atoms with Crippen LogP contribution in [0.25, 0.3) is 11.1 Å². The van der Waals surface area contributed by atoms with Crippen molar-refractivity contribution in [3.8, 4) is 11.1 Å². The van der Waals surface area contributed by atoms with E-state index < -0.39 is 0 Å². The van der Waals surface area contributed by atoms with Crippen LogP contribution in [0.15, 0.2) is 54.6 Å². The topological polar surface area (TPSA) is 0 Å². The lowest BCUT2D eigenvalue weighted by Gasteiger charge is -2.19. The van der Waals surface area contributed by atoms with Gasteiger partial charge in [-0.1, -0.05) is 54.6 Å². The monoisotopic (exact) mass is 231 g/mol. The summed E-state index contributed by atoms with van der Waals surface area (Å²) in [6.07, 6.45) is 7.23. The summed E-state index contributed by atoms with van der Waals surface area (Å²) < 4.78 is 0. The summed E-state index contributed by atoms with van der Waals surface area (Å²) in [4.78, 5) is 0. The lowest BCUT2D eigenvalue weighted by Crippen LogP contribution is -2.07. The third-order valence-corrected chi connectivity index (χ3v) is 4.26. The SMILES string of the molecule is [c]1cccc2c1C(C1C=CCC1)c1ccccc1-2. The van der Waals surface area contributed by atoms with Gasteiger partial charge in [-0.25, -0.2) is 0 Å². The quantitative estimate of drug-likeness (QED) is 0.631. The van der Waals surface area contributed by atoms with Crippen LogP contribution in [0, 0.1) is 12.0 Å². The van der Waals surface area contributed by atoms with Crippen molar-refractivity contribution in [2.45, 2.75) is 18.8 Å². The van der Waals surface area contributed by atoms with Gasteiger partial charge in [-0.15, -0.1) is 0 Å². The molecule has 0 amide bonds. The zero-order valence-corrected chi connectivity index (χ0v) is 10.3. The predicted molar refractivity (Wildman–Crippen MR) is 74.4 cm³/mol. The molecular weight excluding hydrogens is 216 g/mol. The maximum atomic E-state index is 3.49. The number of allylic oxidation sites excluding steroid dienone is 2. The third-order valence-electron chi connectivity index (χ3n) is 4.26. The first-order chi connectivity index (χ1) is 8.95. The molecule has 0 saturated carbocycles. The minimum atomic E-state index is 0.524. The Balaban J connectivity index is 1.95. The molecule has 2 aromatic carbocycles. The van der Waals surface area contributed by atoms with Crippen molar-refractivity contribution >= 4 is 0 Å². The summed E-state index contributed by atoms with van der Waals surface area (Å²) in [7, 11) is 0. The molecular formula is C18H15. The molecule has 0 heterocycles. The predicted octanol–water partition coefficient (Wildman–Crippen LogP) is 4.57. The first kappa shape index (κ1) is 10.1. The van der Waals surface area contributed by atoms with Crippen molar-refractivity contribution in [1.29, 1.82) is 0 Å². The second-order valence-corrected chi connectivity index (χ2v) is 5.23. The molecule has 4 rings (SSSR count). The van der Waals surface area contributed by atoms with Gasteiger partial charge in [0.05, 0.1) is 0 Å². The molecule has 0 aromatic heterocycles. The summed E-state index contributed by atoms with van der Waals surface area (Å²) in [5.74, 6) is 1.18. The van der Waals surface area contributed by atoms with Gasteiger partial charge < -0.3 is 0 Å². The number of hydrogen-bond acceptors (Lipinski definition) is 0. The van der Waals surface area contributed by atoms with Gasteiger partial charge in [-0.05, 0) is 47.1 Å². The van der Waals surface area contributed by atoms with Crippen molar-refractivity contribution in [1.82, 2.24) is 0 Å². The molecule has 0 saturated heterocycles. The third kappa shape index (κ3) is 1.32. The molecule has 0 fully saturated rings. The second kappa shape index (κ2) is 3.84. The van der Waals surface area contributed by atoms with Crippen LogP contribution in [-0.2, 0) is 0 Å². The first-order valence-corrected chi connectivity index (χ1v) is 6.72. The molecule has 2 aliphatic carbocycles. The lowest BCUT2D eigenvalue weighted by molar-refractivity contribution is 0.565. The van der Waals surface area contributed by atoms with Crippen molar-refractivity contribution in [2.75, 3.05) is 0 Å². The summed E-state index contributed by atoms with van der Waals surface area (Å²) in [6, 6.07) is 18.7. The van der Waals surface area contributed by atoms with E-state index in [9.17, 15) is 0 Å². The molecule has 87 valence electrons. The van der Waals surface area contributed by atoms with Crippen LogP contribution >= 0.6 is 0 Å². The lowest BCUT2D eigenvalue weighted by atomic mass is 9.84. The van der Waals surface area contributed by atoms with Crippen LogP contribution in [-0.4, -0.2) is 0 Å². The van der Waals surface area contributed by atoms with E-state index >= 15 is 0 Å². The molecule has 1 radical (unpaired) electrons. The van der Waals surface area contributed by atoms with Crippen molar-refractivity contribution in [2.24, 2.45) is 5.92 Å². The van der Waals surface area contributed by atoms with Crippen LogP contribution < -0.4 is 0 Å². The highest BCUT2D eigenvalue weighted by Gasteiger charge is 2.33. The van der Waals surface area contributed by atoms with Crippen molar-refractivity contribution < 1.29 is 0 Å². The molecule has 2 unspecified atom stereocenters. The maximum Gasteiger partial charge on any atom is 0.0171 e. The largest absolute Gasteiger partial charge is 0.0882 e. The molecule has 2 atom stereocenters.